The molecule has 1 fully saturated rings. The largest absolute Gasteiger partial charge is 0.240 e. The fourth-order valence-electron chi connectivity index (χ4n) is 2.55. The van der Waals surface area contributed by atoms with Crippen molar-refractivity contribution >= 4 is 26.0 Å². The standard InChI is InChI=1S/C14H20BrNO2S/c1-14(9-3-2-4-10-14)11-16-19(17,18)13-7-5-12(15)6-8-13/h5-8,16H,2-4,9-11H2,1H3. The molecule has 0 heterocycles. The zero-order valence-corrected chi connectivity index (χ0v) is 13.6. The molecule has 5 heteroatoms. The molecule has 1 aliphatic carbocycles. The number of hydrogen-bond donors (Lipinski definition) is 1. The maximum absolute atomic E-state index is 12.2. The SMILES string of the molecule is CC1(CNS(=O)(=O)c2ccc(Br)cc2)CCCCC1. The molecule has 1 aromatic carbocycles. The Kier molecular flexibility index (Phi) is 4.69. The van der Waals surface area contributed by atoms with E-state index in [-0.39, 0.29) is 5.41 Å². The van der Waals surface area contributed by atoms with Crippen molar-refractivity contribution in [1.29, 1.82) is 0 Å². The van der Waals surface area contributed by atoms with Gasteiger partial charge in [-0.25, -0.2) is 13.1 Å². The predicted octanol–water partition coefficient (Wildman–Crippen LogP) is 3.70. The van der Waals surface area contributed by atoms with Gasteiger partial charge < -0.3 is 0 Å². The van der Waals surface area contributed by atoms with Gasteiger partial charge in [-0.15, -0.1) is 0 Å². The summed E-state index contributed by atoms with van der Waals surface area (Å²) in [6, 6.07) is 6.74. The molecule has 0 aliphatic heterocycles. The minimum Gasteiger partial charge on any atom is -0.211 e. The summed E-state index contributed by atoms with van der Waals surface area (Å²) >= 11 is 3.31. The Hall–Kier alpha value is -0.390. The average Bonchev–Trinajstić information content (AvgIpc) is 2.38. The summed E-state index contributed by atoms with van der Waals surface area (Å²) < 4.78 is 28.0. The highest BCUT2D eigenvalue weighted by Gasteiger charge is 2.28. The Morgan fingerprint density at radius 2 is 1.74 bits per heavy atom. The summed E-state index contributed by atoms with van der Waals surface area (Å²) in [6.45, 7) is 2.71. The predicted molar refractivity (Wildman–Crippen MR) is 80.5 cm³/mol. The molecule has 0 spiro atoms. The quantitative estimate of drug-likeness (QED) is 0.904. The van der Waals surface area contributed by atoms with Crippen LogP contribution in [0.2, 0.25) is 0 Å². The molecule has 0 saturated heterocycles. The van der Waals surface area contributed by atoms with Crippen LogP contribution in [0.3, 0.4) is 0 Å². The van der Waals surface area contributed by atoms with Crippen LogP contribution in [0.4, 0.5) is 0 Å². The minimum absolute atomic E-state index is 0.112. The van der Waals surface area contributed by atoms with Crippen molar-refractivity contribution in [1.82, 2.24) is 4.72 Å². The van der Waals surface area contributed by atoms with Crippen LogP contribution in [-0.2, 0) is 10.0 Å². The van der Waals surface area contributed by atoms with Crippen molar-refractivity contribution in [2.75, 3.05) is 6.54 Å². The fourth-order valence-corrected chi connectivity index (χ4v) is 4.01. The lowest BCUT2D eigenvalue weighted by molar-refractivity contribution is 0.219. The van der Waals surface area contributed by atoms with Crippen LogP contribution >= 0.6 is 15.9 Å². The van der Waals surface area contributed by atoms with Gasteiger partial charge in [0.1, 0.15) is 0 Å². The maximum atomic E-state index is 12.2. The van der Waals surface area contributed by atoms with Gasteiger partial charge in [0.15, 0.2) is 0 Å². The molecule has 19 heavy (non-hydrogen) atoms. The average molecular weight is 346 g/mol. The van der Waals surface area contributed by atoms with Crippen molar-refractivity contribution in [2.24, 2.45) is 5.41 Å². The van der Waals surface area contributed by atoms with Gasteiger partial charge in [-0.1, -0.05) is 42.1 Å². The van der Waals surface area contributed by atoms with E-state index in [2.05, 4.69) is 27.6 Å². The molecule has 1 saturated carbocycles. The van der Waals surface area contributed by atoms with E-state index in [0.717, 1.165) is 17.3 Å². The Morgan fingerprint density at radius 3 is 2.32 bits per heavy atom. The van der Waals surface area contributed by atoms with E-state index in [1.165, 1.54) is 19.3 Å². The Bertz CT molecular complexity index is 519. The molecule has 1 aliphatic rings. The number of nitrogens with one attached hydrogen (secondary N) is 1. The molecule has 0 unspecified atom stereocenters. The second kappa shape index (κ2) is 5.94. The van der Waals surface area contributed by atoms with Gasteiger partial charge in [0, 0.05) is 11.0 Å². The van der Waals surface area contributed by atoms with E-state index >= 15 is 0 Å². The molecule has 0 amide bonds. The van der Waals surface area contributed by atoms with Gasteiger partial charge in [-0.3, -0.25) is 0 Å². The smallest absolute Gasteiger partial charge is 0.211 e. The van der Waals surface area contributed by atoms with Crippen molar-refractivity contribution in [3.63, 3.8) is 0 Å². The molecule has 0 bridgehead atoms. The van der Waals surface area contributed by atoms with E-state index in [4.69, 9.17) is 0 Å². The van der Waals surface area contributed by atoms with Gasteiger partial charge in [-0.2, -0.15) is 0 Å². The molecule has 0 atom stereocenters. The normalized spacial score (nSPS) is 19.3. The van der Waals surface area contributed by atoms with Crippen LogP contribution in [0.1, 0.15) is 39.0 Å². The minimum atomic E-state index is -3.39. The van der Waals surface area contributed by atoms with Crippen LogP contribution in [0.15, 0.2) is 33.6 Å². The van der Waals surface area contributed by atoms with Crippen LogP contribution in [0.5, 0.6) is 0 Å². The van der Waals surface area contributed by atoms with E-state index in [1.54, 1.807) is 24.3 Å². The van der Waals surface area contributed by atoms with Gasteiger partial charge >= 0.3 is 0 Å². The first-order chi connectivity index (χ1) is 8.91. The van der Waals surface area contributed by atoms with Crippen molar-refractivity contribution in [2.45, 2.75) is 43.9 Å². The molecule has 0 aromatic heterocycles. The molecule has 106 valence electrons. The van der Waals surface area contributed by atoms with Gasteiger partial charge in [0.2, 0.25) is 10.0 Å². The van der Waals surface area contributed by atoms with E-state index < -0.39 is 10.0 Å². The maximum Gasteiger partial charge on any atom is 0.240 e. The zero-order chi connectivity index (χ0) is 13.9. The molecule has 1 aromatic rings. The number of halogens is 1. The number of sulfonamides is 1. The first-order valence-corrected chi connectivity index (χ1v) is 8.94. The van der Waals surface area contributed by atoms with E-state index in [0.29, 0.717) is 11.4 Å². The fraction of sp³-hybridized carbons (Fsp3) is 0.571. The first-order valence-electron chi connectivity index (χ1n) is 6.67. The highest BCUT2D eigenvalue weighted by atomic mass is 79.9. The summed E-state index contributed by atoms with van der Waals surface area (Å²) in [7, 11) is -3.39. The molecule has 3 nitrogen and oxygen atoms in total. The Balaban J connectivity index is 2.03. The van der Waals surface area contributed by atoms with Crippen LogP contribution in [0, 0.1) is 5.41 Å². The highest BCUT2D eigenvalue weighted by Crippen LogP contribution is 2.35. The van der Waals surface area contributed by atoms with Gasteiger partial charge in [-0.05, 0) is 42.5 Å². The molecule has 1 N–H and O–H groups in total. The van der Waals surface area contributed by atoms with E-state index in [1.807, 2.05) is 0 Å². The Labute approximate surface area is 124 Å². The number of hydrogen-bond acceptors (Lipinski definition) is 2. The summed E-state index contributed by atoms with van der Waals surface area (Å²) in [5.41, 5.74) is 0.112. The summed E-state index contributed by atoms with van der Waals surface area (Å²) in [5, 5.41) is 0. The van der Waals surface area contributed by atoms with Crippen LogP contribution < -0.4 is 4.72 Å². The molecule has 2 rings (SSSR count). The van der Waals surface area contributed by atoms with Crippen molar-refractivity contribution in [3.8, 4) is 0 Å². The number of benzene rings is 1. The number of rotatable bonds is 4. The lowest BCUT2D eigenvalue weighted by Gasteiger charge is -2.33. The zero-order valence-electron chi connectivity index (χ0n) is 11.2. The third-order valence-corrected chi connectivity index (χ3v) is 5.82. The molecular weight excluding hydrogens is 326 g/mol. The second-order valence-corrected chi connectivity index (χ2v) is 8.33. The van der Waals surface area contributed by atoms with Crippen LogP contribution in [-0.4, -0.2) is 15.0 Å². The lowest BCUT2D eigenvalue weighted by atomic mass is 9.76. The van der Waals surface area contributed by atoms with Crippen molar-refractivity contribution < 1.29 is 8.42 Å². The molecular formula is C14H20BrNO2S. The lowest BCUT2D eigenvalue weighted by Crippen LogP contribution is -2.36. The van der Waals surface area contributed by atoms with Crippen molar-refractivity contribution in [3.05, 3.63) is 28.7 Å². The summed E-state index contributed by atoms with van der Waals surface area (Å²) in [5.74, 6) is 0. The Morgan fingerprint density at radius 1 is 1.16 bits per heavy atom. The second-order valence-electron chi connectivity index (χ2n) is 5.65. The third kappa shape index (κ3) is 4.04. The molecule has 0 radical (unpaired) electrons. The first kappa shape index (κ1) is 15.0. The third-order valence-electron chi connectivity index (χ3n) is 3.87. The summed E-state index contributed by atoms with van der Waals surface area (Å²) in [4.78, 5) is 0.329. The monoisotopic (exact) mass is 345 g/mol. The van der Waals surface area contributed by atoms with Crippen LogP contribution in [0.25, 0.3) is 0 Å². The van der Waals surface area contributed by atoms with E-state index in [9.17, 15) is 8.42 Å². The summed E-state index contributed by atoms with van der Waals surface area (Å²) in [6.07, 6.45) is 5.90. The topological polar surface area (TPSA) is 46.2 Å². The van der Waals surface area contributed by atoms with Gasteiger partial charge in [0.25, 0.3) is 0 Å². The van der Waals surface area contributed by atoms with Gasteiger partial charge in [0.05, 0.1) is 4.90 Å². The highest BCUT2D eigenvalue weighted by molar-refractivity contribution is 9.10.